The Morgan fingerprint density at radius 2 is 2.20 bits per heavy atom. The Balaban J connectivity index is 1.62. The number of halogens is 1. The molecule has 0 spiro atoms. The predicted octanol–water partition coefficient (Wildman–Crippen LogP) is 3.06. The van der Waals surface area contributed by atoms with E-state index in [9.17, 15) is 4.79 Å². The molecule has 3 aromatic rings. The molecule has 0 saturated carbocycles. The molecule has 2 aliphatic rings. The van der Waals surface area contributed by atoms with Gasteiger partial charge in [0.15, 0.2) is 5.75 Å². The molecule has 5 rings (SSSR count). The summed E-state index contributed by atoms with van der Waals surface area (Å²) in [7, 11) is 3.63. The molecule has 0 radical (unpaired) electrons. The van der Waals surface area contributed by atoms with E-state index < -0.39 is 0 Å². The number of nitrogens with zero attached hydrogens (tertiary/aromatic N) is 3. The summed E-state index contributed by atoms with van der Waals surface area (Å²) in [6, 6.07) is 9.32. The first-order valence-electron chi connectivity index (χ1n) is 11.4. The molecular formula is C26H26ClN5O3. The highest BCUT2D eigenvalue weighted by Gasteiger charge is 2.26. The Hall–Kier alpha value is -3.51. The smallest absolute Gasteiger partial charge is 0.253 e. The van der Waals surface area contributed by atoms with Gasteiger partial charge in [0.2, 0.25) is 0 Å². The first-order chi connectivity index (χ1) is 17.1. The molecule has 0 bridgehead atoms. The maximum atomic E-state index is 12.7. The number of rotatable bonds is 4. The monoisotopic (exact) mass is 491 g/mol. The molecule has 4 heterocycles. The van der Waals surface area contributed by atoms with Gasteiger partial charge in [-0.15, -0.1) is 0 Å². The Kier molecular flexibility index (Phi) is 6.64. The van der Waals surface area contributed by atoms with Crippen molar-refractivity contribution in [2.45, 2.75) is 12.5 Å². The van der Waals surface area contributed by atoms with Crippen molar-refractivity contribution in [1.29, 1.82) is 0 Å². The summed E-state index contributed by atoms with van der Waals surface area (Å²) < 4.78 is 13.1. The normalized spacial score (nSPS) is 17.7. The SMILES string of the molecule is COc1c(Cl)cccc1Nn1c(-c2ccncc2C#C[C@H]2COCCN2C)cc2c1CCNC2=O. The Labute approximate surface area is 209 Å². The Morgan fingerprint density at radius 1 is 1.31 bits per heavy atom. The second-order valence-corrected chi connectivity index (χ2v) is 8.83. The van der Waals surface area contributed by atoms with Crippen molar-refractivity contribution in [1.82, 2.24) is 19.9 Å². The molecule has 1 amide bonds. The average molecular weight is 492 g/mol. The fourth-order valence-corrected chi connectivity index (χ4v) is 4.60. The maximum Gasteiger partial charge on any atom is 0.253 e. The van der Waals surface area contributed by atoms with Crippen molar-refractivity contribution in [2.75, 3.05) is 45.9 Å². The predicted molar refractivity (Wildman–Crippen MR) is 135 cm³/mol. The summed E-state index contributed by atoms with van der Waals surface area (Å²) in [6.07, 6.45) is 4.16. The van der Waals surface area contributed by atoms with Crippen LogP contribution in [0.2, 0.25) is 5.02 Å². The van der Waals surface area contributed by atoms with E-state index in [0.29, 0.717) is 48.2 Å². The van der Waals surface area contributed by atoms with Crippen molar-refractivity contribution < 1.29 is 14.3 Å². The van der Waals surface area contributed by atoms with Gasteiger partial charge in [-0.3, -0.25) is 24.8 Å². The zero-order valence-corrected chi connectivity index (χ0v) is 20.4. The third kappa shape index (κ3) is 4.58. The van der Waals surface area contributed by atoms with Crippen LogP contribution in [0.3, 0.4) is 0 Å². The summed E-state index contributed by atoms with van der Waals surface area (Å²) in [5.41, 5.74) is 8.05. The number of hydrogen-bond acceptors (Lipinski definition) is 6. The molecule has 2 aromatic heterocycles. The fraction of sp³-hybridized carbons (Fsp3) is 0.308. The lowest BCUT2D eigenvalue weighted by Crippen LogP contribution is -2.41. The highest BCUT2D eigenvalue weighted by Crippen LogP contribution is 2.35. The lowest BCUT2D eigenvalue weighted by atomic mass is 10.1. The number of para-hydroxylation sites is 1. The first kappa shape index (κ1) is 23.2. The van der Waals surface area contributed by atoms with Crippen molar-refractivity contribution >= 4 is 23.2 Å². The summed E-state index contributed by atoms with van der Waals surface area (Å²) in [6.45, 7) is 2.68. The van der Waals surface area contributed by atoms with E-state index in [1.165, 1.54) is 0 Å². The number of ether oxygens (including phenoxy) is 2. The number of methoxy groups -OCH3 is 1. The van der Waals surface area contributed by atoms with Crippen molar-refractivity contribution in [2.24, 2.45) is 0 Å². The van der Waals surface area contributed by atoms with Gasteiger partial charge in [-0.05, 0) is 31.3 Å². The van der Waals surface area contributed by atoms with Crippen LogP contribution in [0, 0.1) is 11.8 Å². The van der Waals surface area contributed by atoms with Crippen molar-refractivity contribution in [3.8, 4) is 28.8 Å². The van der Waals surface area contributed by atoms with Gasteiger partial charge in [0, 0.05) is 37.5 Å². The molecule has 35 heavy (non-hydrogen) atoms. The van der Waals surface area contributed by atoms with E-state index >= 15 is 0 Å². The molecule has 1 fully saturated rings. The maximum absolute atomic E-state index is 12.7. The molecule has 8 nitrogen and oxygen atoms in total. The molecule has 0 unspecified atom stereocenters. The highest BCUT2D eigenvalue weighted by molar-refractivity contribution is 6.32. The minimum atomic E-state index is -0.103. The number of anilines is 1. The number of carbonyl (C=O) groups excluding carboxylic acids is 1. The molecule has 180 valence electrons. The number of amides is 1. The van der Waals surface area contributed by atoms with Crippen LogP contribution in [0.15, 0.2) is 42.7 Å². The lowest BCUT2D eigenvalue weighted by molar-refractivity contribution is 0.0267. The number of benzene rings is 1. The van der Waals surface area contributed by atoms with Gasteiger partial charge in [-0.1, -0.05) is 29.5 Å². The van der Waals surface area contributed by atoms with Crippen LogP contribution in [0.5, 0.6) is 5.75 Å². The van der Waals surface area contributed by atoms with Crippen molar-refractivity contribution in [3.05, 3.63) is 64.6 Å². The van der Waals surface area contributed by atoms with E-state index in [4.69, 9.17) is 21.1 Å². The zero-order chi connectivity index (χ0) is 24.4. The fourth-order valence-electron chi connectivity index (χ4n) is 4.35. The molecule has 1 aromatic carbocycles. The van der Waals surface area contributed by atoms with Crippen LogP contribution in [0.4, 0.5) is 5.69 Å². The number of pyridine rings is 1. The third-order valence-corrected chi connectivity index (χ3v) is 6.56. The minimum Gasteiger partial charge on any atom is -0.493 e. The number of aromatic nitrogens is 2. The van der Waals surface area contributed by atoms with Crippen LogP contribution >= 0.6 is 11.6 Å². The van der Waals surface area contributed by atoms with Crippen LogP contribution in [-0.2, 0) is 11.2 Å². The van der Waals surface area contributed by atoms with Gasteiger partial charge >= 0.3 is 0 Å². The van der Waals surface area contributed by atoms with E-state index in [0.717, 1.165) is 29.1 Å². The second kappa shape index (κ2) is 10.0. The quantitative estimate of drug-likeness (QED) is 0.546. The molecule has 9 heteroatoms. The average Bonchev–Trinajstić information content (AvgIpc) is 3.23. The van der Waals surface area contributed by atoms with E-state index in [1.807, 2.05) is 36.0 Å². The minimum absolute atomic E-state index is 0.0106. The number of likely N-dealkylation sites (N-methyl/N-ethyl adjacent to an activating group) is 1. The number of hydrogen-bond donors (Lipinski definition) is 2. The molecule has 0 aliphatic carbocycles. The first-order valence-corrected chi connectivity index (χ1v) is 11.8. The van der Waals surface area contributed by atoms with Crippen LogP contribution < -0.4 is 15.5 Å². The van der Waals surface area contributed by atoms with Gasteiger partial charge in [0.05, 0.1) is 59.6 Å². The zero-order valence-electron chi connectivity index (χ0n) is 19.6. The van der Waals surface area contributed by atoms with Crippen molar-refractivity contribution in [3.63, 3.8) is 0 Å². The van der Waals surface area contributed by atoms with Gasteiger partial charge in [0.25, 0.3) is 5.91 Å². The largest absolute Gasteiger partial charge is 0.493 e. The highest BCUT2D eigenvalue weighted by atomic mass is 35.5. The standard InChI is InChI=1S/C26H26ClN5O3/c1-31-12-13-35-16-18(31)7-6-17-15-28-10-8-19(17)24-14-20-23(9-11-29-26(20)33)32(24)30-22-5-3-4-21(27)25(22)34-2/h3-5,8,10,14-15,18,30H,9,11-13,16H2,1-2H3,(H,29,33)/t18-/m0/s1. The van der Waals surface area contributed by atoms with Crippen LogP contribution in [0.1, 0.15) is 21.6 Å². The molecular weight excluding hydrogens is 466 g/mol. The Bertz CT molecular complexity index is 1330. The summed E-state index contributed by atoms with van der Waals surface area (Å²) >= 11 is 6.37. The topological polar surface area (TPSA) is 80.7 Å². The second-order valence-electron chi connectivity index (χ2n) is 8.43. The number of morpholine rings is 1. The number of fused-ring (bicyclic) bond motifs is 1. The van der Waals surface area contributed by atoms with Gasteiger partial charge in [0.1, 0.15) is 0 Å². The molecule has 1 saturated heterocycles. The van der Waals surface area contributed by atoms with Crippen LogP contribution in [0.25, 0.3) is 11.3 Å². The summed E-state index contributed by atoms with van der Waals surface area (Å²) in [5.74, 6) is 7.06. The van der Waals surface area contributed by atoms with Gasteiger partial charge in [-0.25, -0.2) is 0 Å². The summed E-state index contributed by atoms with van der Waals surface area (Å²) in [5, 5.41) is 3.42. The van der Waals surface area contributed by atoms with Gasteiger partial charge < -0.3 is 14.8 Å². The number of carbonyl (C=O) groups is 1. The van der Waals surface area contributed by atoms with E-state index in [-0.39, 0.29) is 11.9 Å². The lowest BCUT2D eigenvalue weighted by Gasteiger charge is -2.28. The van der Waals surface area contributed by atoms with E-state index in [1.54, 1.807) is 25.6 Å². The molecule has 1 atom stereocenters. The molecule has 2 N–H and O–H groups in total. The van der Waals surface area contributed by atoms with E-state index in [2.05, 4.69) is 32.5 Å². The molecule has 2 aliphatic heterocycles. The Morgan fingerprint density at radius 3 is 3.03 bits per heavy atom. The number of nitrogens with one attached hydrogen (secondary N) is 2. The summed E-state index contributed by atoms with van der Waals surface area (Å²) in [4.78, 5) is 19.2. The third-order valence-electron chi connectivity index (χ3n) is 6.26. The van der Waals surface area contributed by atoms with Crippen LogP contribution in [-0.4, -0.2) is 67.0 Å². The van der Waals surface area contributed by atoms with Gasteiger partial charge in [-0.2, -0.15) is 0 Å².